The molecular weight excluding hydrogens is 350 g/mol. The zero-order chi connectivity index (χ0) is 18.5. The van der Waals surface area contributed by atoms with E-state index in [0.29, 0.717) is 24.4 Å². The van der Waals surface area contributed by atoms with Crippen LogP contribution in [-0.2, 0) is 17.8 Å². The van der Waals surface area contributed by atoms with Gasteiger partial charge in [0.25, 0.3) is 0 Å². The lowest BCUT2D eigenvalue weighted by molar-refractivity contribution is -0.118. The Bertz CT molecular complexity index is 856. The molecule has 6 heteroatoms. The van der Waals surface area contributed by atoms with Gasteiger partial charge in [-0.25, -0.2) is 0 Å². The van der Waals surface area contributed by atoms with Crippen LogP contribution in [0.5, 0.6) is 0 Å². The maximum atomic E-state index is 13.0. The van der Waals surface area contributed by atoms with Gasteiger partial charge in [0.2, 0.25) is 5.91 Å². The summed E-state index contributed by atoms with van der Waals surface area (Å²) < 4.78 is 5.18. The van der Waals surface area contributed by atoms with Crippen molar-refractivity contribution in [2.24, 2.45) is 0 Å². The van der Waals surface area contributed by atoms with E-state index in [1.54, 1.807) is 23.2 Å². The van der Waals surface area contributed by atoms with E-state index in [0.717, 1.165) is 28.4 Å². The molecule has 0 unspecified atom stereocenters. The minimum atomic E-state index is 0.0120. The number of aromatic nitrogens is 2. The molecule has 0 atom stereocenters. The molecular formula is C20H20ClN3O2. The van der Waals surface area contributed by atoms with Crippen LogP contribution in [0.4, 0.5) is 5.69 Å². The number of pyridine rings is 1. The molecule has 0 fully saturated rings. The zero-order valence-corrected chi connectivity index (χ0v) is 15.5. The lowest BCUT2D eigenvalue weighted by Gasteiger charge is -2.23. The molecule has 0 saturated carbocycles. The second-order valence-corrected chi connectivity index (χ2v) is 6.52. The van der Waals surface area contributed by atoms with Crippen molar-refractivity contribution in [2.75, 3.05) is 4.90 Å². The van der Waals surface area contributed by atoms with Crippen LogP contribution in [-0.4, -0.2) is 16.0 Å². The van der Waals surface area contributed by atoms with Crippen molar-refractivity contribution in [3.05, 3.63) is 76.4 Å². The molecule has 26 heavy (non-hydrogen) atoms. The third kappa shape index (κ3) is 4.29. The molecule has 3 rings (SSSR count). The van der Waals surface area contributed by atoms with E-state index >= 15 is 0 Å². The first kappa shape index (κ1) is 18.1. The summed E-state index contributed by atoms with van der Waals surface area (Å²) in [4.78, 5) is 19.0. The van der Waals surface area contributed by atoms with Crippen LogP contribution in [0.25, 0.3) is 0 Å². The number of nitrogens with zero attached hydrogens (tertiary/aromatic N) is 3. The first-order chi connectivity index (χ1) is 12.5. The van der Waals surface area contributed by atoms with E-state index in [1.807, 2.05) is 44.2 Å². The molecule has 0 aliphatic rings. The van der Waals surface area contributed by atoms with E-state index in [9.17, 15) is 4.79 Å². The Kier molecular flexibility index (Phi) is 5.68. The van der Waals surface area contributed by atoms with Crippen LogP contribution < -0.4 is 4.90 Å². The molecule has 134 valence electrons. The Balaban J connectivity index is 1.80. The van der Waals surface area contributed by atoms with Crippen LogP contribution in [0.2, 0.25) is 5.02 Å². The van der Waals surface area contributed by atoms with Gasteiger partial charge in [0.15, 0.2) is 0 Å². The lowest BCUT2D eigenvalue weighted by atomic mass is 10.1. The van der Waals surface area contributed by atoms with Gasteiger partial charge < -0.3 is 9.42 Å². The molecule has 0 bridgehead atoms. The van der Waals surface area contributed by atoms with Crippen molar-refractivity contribution in [3.63, 3.8) is 0 Å². The highest BCUT2D eigenvalue weighted by atomic mass is 35.5. The van der Waals surface area contributed by atoms with E-state index in [4.69, 9.17) is 16.1 Å². The smallest absolute Gasteiger partial charge is 0.227 e. The number of benzene rings is 1. The standard InChI is InChI=1S/C20H20ClN3O2/c1-14-19(15(2)26-23-14)10-11-20(25)24(13-17-5-3-4-12-22-17)18-8-6-16(21)7-9-18/h3-9,12H,10-11,13H2,1-2H3. The van der Waals surface area contributed by atoms with Gasteiger partial charge in [-0.2, -0.15) is 0 Å². The second kappa shape index (κ2) is 8.15. The molecule has 0 N–H and O–H groups in total. The number of carbonyl (C=O) groups excluding carboxylic acids is 1. The number of halogens is 1. The molecule has 1 aromatic carbocycles. The SMILES string of the molecule is Cc1noc(C)c1CCC(=O)N(Cc1ccccn1)c1ccc(Cl)cc1. The second-order valence-electron chi connectivity index (χ2n) is 6.08. The minimum absolute atomic E-state index is 0.0120. The van der Waals surface area contributed by atoms with Crippen LogP contribution in [0.1, 0.15) is 29.1 Å². The number of hydrogen-bond donors (Lipinski definition) is 0. The van der Waals surface area contributed by atoms with Crippen molar-refractivity contribution >= 4 is 23.2 Å². The quantitative estimate of drug-likeness (QED) is 0.641. The van der Waals surface area contributed by atoms with Crippen molar-refractivity contribution in [2.45, 2.75) is 33.2 Å². The monoisotopic (exact) mass is 369 g/mol. The van der Waals surface area contributed by atoms with Crippen molar-refractivity contribution < 1.29 is 9.32 Å². The summed E-state index contributed by atoms with van der Waals surface area (Å²) in [5.41, 5.74) is 3.45. The van der Waals surface area contributed by atoms with Gasteiger partial charge in [-0.05, 0) is 56.7 Å². The maximum Gasteiger partial charge on any atom is 0.227 e. The number of hydrogen-bond acceptors (Lipinski definition) is 4. The number of rotatable bonds is 6. The van der Waals surface area contributed by atoms with Gasteiger partial charge in [0.05, 0.1) is 17.9 Å². The van der Waals surface area contributed by atoms with Crippen molar-refractivity contribution in [3.8, 4) is 0 Å². The Hall–Kier alpha value is -2.66. The molecule has 0 saturated heterocycles. The van der Waals surface area contributed by atoms with Crippen LogP contribution in [0, 0.1) is 13.8 Å². The predicted molar refractivity (Wildman–Crippen MR) is 101 cm³/mol. The Morgan fingerprint density at radius 3 is 2.54 bits per heavy atom. The number of carbonyl (C=O) groups is 1. The Labute approximate surface area is 157 Å². The van der Waals surface area contributed by atoms with Crippen molar-refractivity contribution in [1.29, 1.82) is 0 Å². The number of amides is 1. The molecule has 0 aliphatic heterocycles. The minimum Gasteiger partial charge on any atom is -0.361 e. The molecule has 0 aliphatic carbocycles. The van der Waals surface area contributed by atoms with E-state index < -0.39 is 0 Å². The summed E-state index contributed by atoms with van der Waals surface area (Å²) in [5, 5.41) is 4.58. The largest absolute Gasteiger partial charge is 0.361 e. The third-order valence-electron chi connectivity index (χ3n) is 4.26. The molecule has 5 nitrogen and oxygen atoms in total. The summed E-state index contributed by atoms with van der Waals surface area (Å²) in [5.74, 6) is 0.774. The Morgan fingerprint density at radius 1 is 1.15 bits per heavy atom. The lowest BCUT2D eigenvalue weighted by Crippen LogP contribution is -2.31. The molecule has 2 aromatic heterocycles. The predicted octanol–water partition coefficient (Wildman–Crippen LogP) is 4.51. The summed E-state index contributed by atoms with van der Waals surface area (Å²) in [6.45, 7) is 4.16. The molecule has 2 heterocycles. The van der Waals surface area contributed by atoms with Gasteiger partial charge >= 0.3 is 0 Å². The van der Waals surface area contributed by atoms with Crippen LogP contribution >= 0.6 is 11.6 Å². The highest BCUT2D eigenvalue weighted by Gasteiger charge is 2.19. The highest BCUT2D eigenvalue weighted by molar-refractivity contribution is 6.30. The fourth-order valence-electron chi connectivity index (χ4n) is 2.82. The Morgan fingerprint density at radius 2 is 1.92 bits per heavy atom. The fourth-order valence-corrected chi connectivity index (χ4v) is 2.95. The molecule has 0 spiro atoms. The molecule has 3 aromatic rings. The topological polar surface area (TPSA) is 59.2 Å². The van der Waals surface area contributed by atoms with E-state index in [-0.39, 0.29) is 5.91 Å². The van der Waals surface area contributed by atoms with Gasteiger partial charge in [-0.1, -0.05) is 22.8 Å². The zero-order valence-electron chi connectivity index (χ0n) is 14.8. The first-order valence-corrected chi connectivity index (χ1v) is 8.80. The van der Waals surface area contributed by atoms with E-state index in [2.05, 4.69) is 10.1 Å². The van der Waals surface area contributed by atoms with Crippen LogP contribution in [0.15, 0.2) is 53.2 Å². The van der Waals surface area contributed by atoms with Gasteiger partial charge in [-0.15, -0.1) is 0 Å². The van der Waals surface area contributed by atoms with Gasteiger partial charge in [-0.3, -0.25) is 9.78 Å². The normalized spacial score (nSPS) is 10.7. The highest BCUT2D eigenvalue weighted by Crippen LogP contribution is 2.22. The summed E-state index contributed by atoms with van der Waals surface area (Å²) in [7, 11) is 0. The van der Waals surface area contributed by atoms with Crippen LogP contribution in [0.3, 0.4) is 0 Å². The number of aryl methyl sites for hydroxylation is 2. The third-order valence-corrected chi connectivity index (χ3v) is 4.51. The fraction of sp³-hybridized carbons (Fsp3) is 0.250. The summed E-state index contributed by atoms with van der Waals surface area (Å²) in [6.07, 6.45) is 2.67. The van der Waals surface area contributed by atoms with Crippen molar-refractivity contribution in [1.82, 2.24) is 10.1 Å². The van der Waals surface area contributed by atoms with Gasteiger partial charge in [0, 0.05) is 28.9 Å². The number of anilines is 1. The molecule has 0 radical (unpaired) electrons. The molecule has 1 amide bonds. The average molecular weight is 370 g/mol. The van der Waals surface area contributed by atoms with Gasteiger partial charge in [0.1, 0.15) is 5.76 Å². The van der Waals surface area contributed by atoms with E-state index in [1.165, 1.54) is 0 Å². The summed E-state index contributed by atoms with van der Waals surface area (Å²) >= 11 is 5.99. The average Bonchev–Trinajstić information content (AvgIpc) is 2.97. The summed E-state index contributed by atoms with van der Waals surface area (Å²) in [6, 6.07) is 12.9. The maximum absolute atomic E-state index is 13.0. The first-order valence-electron chi connectivity index (χ1n) is 8.42.